The van der Waals surface area contributed by atoms with Gasteiger partial charge in [0.05, 0.1) is 33.0 Å². The van der Waals surface area contributed by atoms with Gasteiger partial charge in [-0.1, -0.05) is 0 Å². The summed E-state index contributed by atoms with van der Waals surface area (Å²) < 4.78 is 15.1. The molecule has 22 heavy (non-hydrogen) atoms. The molecule has 0 saturated carbocycles. The molecule has 0 aromatic carbocycles. The summed E-state index contributed by atoms with van der Waals surface area (Å²) in [5, 5.41) is 0. The number of carbonyl (C=O) groups excluding carboxylic acids is 2. The number of hydrogen-bond donors (Lipinski definition) is 0. The van der Waals surface area contributed by atoms with Crippen LogP contribution in [0.5, 0.6) is 0 Å². The summed E-state index contributed by atoms with van der Waals surface area (Å²) in [6.45, 7) is 4.76. The normalized spacial score (nSPS) is 15.5. The molecule has 0 N–H and O–H groups in total. The minimum absolute atomic E-state index is 0.173. The van der Waals surface area contributed by atoms with Gasteiger partial charge in [-0.15, -0.1) is 0 Å². The van der Waals surface area contributed by atoms with E-state index < -0.39 is 0 Å². The Morgan fingerprint density at radius 3 is 2.73 bits per heavy atom. The van der Waals surface area contributed by atoms with Crippen molar-refractivity contribution in [3.8, 4) is 0 Å². The van der Waals surface area contributed by atoms with Gasteiger partial charge in [-0.3, -0.25) is 14.5 Å². The van der Waals surface area contributed by atoms with E-state index in [0.717, 1.165) is 19.6 Å². The van der Waals surface area contributed by atoms with Crippen LogP contribution in [0.2, 0.25) is 0 Å². The second-order valence-electron chi connectivity index (χ2n) is 5.05. The topological polar surface area (TPSA) is 72.2 Å². The number of carbonyl (C=O) groups is 2. The first kappa shape index (κ1) is 16.5. The van der Waals surface area contributed by atoms with Gasteiger partial charge in [0.15, 0.2) is 5.76 Å². The smallest absolute Gasteiger partial charge is 0.307 e. The number of methoxy groups -OCH3 is 1. The van der Waals surface area contributed by atoms with Gasteiger partial charge >= 0.3 is 5.97 Å². The molecule has 7 heteroatoms. The van der Waals surface area contributed by atoms with Crippen LogP contribution in [-0.2, 0) is 14.3 Å². The molecule has 122 valence electrons. The van der Waals surface area contributed by atoms with E-state index in [4.69, 9.17) is 9.15 Å². The number of amides is 1. The van der Waals surface area contributed by atoms with Crippen molar-refractivity contribution in [1.29, 1.82) is 0 Å². The fourth-order valence-corrected chi connectivity index (χ4v) is 2.29. The zero-order chi connectivity index (χ0) is 15.8. The molecule has 2 heterocycles. The van der Waals surface area contributed by atoms with E-state index in [1.165, 1.54) is 13.4 Å². The number of furan rings is 1. The van der Waals surface area contributed by atoms with Crippen molar-refractivity contribution in [2.75, 3.05) is 53.0 Å². The Labute approximate surface area is 129 Å². The average molecular weight is 310 g/mol. The monoisotopic (exact) mass is 310 g/mol. The van der Waals surface area contributed by atoms with Crippen LogP contribution in [0.15, 0.2) is 22.8 Å². The van der Waals surface area contributed by atoms with Crippen molar-refractivity contribution in [2.45, 2.75) is 6.42 Å². The highest BCUT2D eigenvalue weighted by atomic mass is 16.5. The van der Waals surface area contributed by atoms with E-state index in [1.54, 1.807) is 17.0 Å². The van der Waals surface area contributed by atoms with Crippen LogP contribution in [0.4, 0.5) is 0 Å². The van der Waals surface area contributed by atoms with E-state index in [1.807, 2.05) is 0 Å². The largest absolute Gasteiger partial charge is 0.469 e. The van der Waals surface area contributed by atoms with Crippen molar-refractivity contribution < 1.29 is 23.5 Å². The lowest BCUT2D eigenvalue weighted by atomic mass is 10.3. The average Bonchev–Trinajstić information content (AvgIpc) is 3.09. The summed E-state index contributed by atoms with van der Waals surface area (Å²) >= 11 is 0. The third-order valence-electron chi connectivity index (χ3n) is 3.62. The van der Waals surface area contributed by atoms with E-state index in [2.05, 4.69) is 9.64 Å². The quantitative estimate of drug-likeness (QED) is 0.687. The zero-order valence-corrected chi connectivity index (χ0v) is 12.8. The molecule has 1 aliphatic heterocycles. The van der Waals surface area contributed by atoms with Gasteiger partial charge in [0, 0.05) is 32.7 Å². The Bertz CT molecular complexity index is 468. The van der Waals surface area contributed by atoms with Crippen molar-refractivity contribution in [2.24, 2.45) is 0 Å². The molecule has 1 saturated heterocycles. The van der Waals surface area contributed by atoms with Crippen molar-refractivity contribution in [3.05, 3.63) is 24.2 Å². The first-order valence-electron chi connectivity index (χ1n) is 7.40. The number of hydrogen-bond acceptors (Lipinski definition) is 6. The Kier molecular flexibility index (Phi) is 6.42. The van der Waals surface area contributed by atoms with Crippen LogP contribution in [-0.4, -0.2) is 74.7 Å². The summed E-state index contributed by atoms with van der Waals surface area (Å²) in [4.78, 5) is 27.6. The van der Waals surface area contributed by atoms with Crippen molar-refractivity contribution in [1.82, 2.24) is 9.80 Å². The summed E-state index contributed by atoms with van der Waals surface area (Å²) in [6, 6.07) is 3.30. The van der Waals surface area contributed by atoms with Gasteiger partial charge < -0.3 is 18.8 Å². The second-order valence-corrected chi connectivity index (χ2v) is 5.05. The Morgan fingerprint density at radius 2 is 2.09 bits per heavy atom. The zero-order valence-electron chi connectivity index (χ0n) is 12.8. The van der Waals surface area contributed by atoms with E-state index in [-0.39, 0.29) is 24.1 Å². The molecule has 1 aromatic heterocycles. The molecule has 0 aliphatic carbocycles. The molecule has 0 bridgehead atoms. The number of rotatable bonds is 7. The minimum Gasteiger partial charge on any atom is -0.469 e. The summed E-state index contributed by atoms with van der Waals surface area (Å²) in [7, 11) is 1.34. The highest BCUT2D eigenvalue weighted by Crippen LogP contribution is 2.08. The lowest BCUT2D eigenvalue weighted by Gasteiger charge is -2.29. The Hall–Kier alpha value is -1.86. The van der Waals surface area contributed by atoms with Crippen LogP contribution in [0, 0.1) is 0 Å². The fourth-order valence-electron chi connectivity index (χ4n) is 2.29. The van der Waals surface area contributed by atoms with E-state index in [0.29, 0.717) is 26.3 Å². The van der Waals surface area contributed by atoms with Crippen LogP contribution < -0.4 is 0 Å². The third-order valence-corrected chi connectivity index (χ3v) is 3.62. The van der Waals surface area contributed by atoms with Gasteiger partial charge in [0.25, 0.3) is 5.91 Å². The molecule has 2 rings (SSSR count). The first-order valence-corrected chi connectivity index (χ1v) is 7.40. The van der Waals surface area contributed by atoms with E-state index in [9.17, 15) is 9.59 Å². The minimum atomic E-state index is -0.330. The van der Waals surface area contributed by atoms with Crippen molar-refractivity contribution >= 4 is 11.9 Å². The first-order chi connectivity index (χ1) is 10.7. The molecule has 1 aromatic rings. The molecule has 0 atom stereocenters. The molecule has 0 unspecified atom stereocenters. The summed E-state index contributed by atoms with van der Waals surface area (Å²) in [6.07, 6.45) is 1.64. The number of morpholine rings is 1. The fraction of sp³-hybridized carbons (Fsp3) is 0.600. The lowest BCUT2D eigenvalue weighted by Crippen LogP contribution is -2.43. The molecule has 0 spiro atoms. The number of esters is 1. The molecular weight excluding hydrogens is 288 g/mol. The van der Waals surface area contributed by atoms with Crippen LogP contribution in [0.3, 0.4) is 0 Å². The maximum atomic E-state index is 12.4. The maximum absolute atomic E-state index is 12.4. The van der Waals surface area contributed by atoms with Crippen LogP contribution in [0.25, 0.3) is 0 Å². The van der Waals surface area contributed by atoms with Gasteiger partial charge in [-0.05, 0) is 12.1 Å². The highest BCUT2D eigenvalue weighted by Gasteiger charge is 2.20. The van der Waals surface area contributed by atoms with Crippen LogP contribution >= 0.6 is 0 Å². The molecular formula is C15H22N2O5. The van der Waals surface area contributed by atoms with Crippen LogP contribution in [0.1, 0.15) is 17.0 Å². The van der Waals surface area contributed by atoms with Crippen molar-refractivity contribution in [3.63, 3.8) is 0 Å². The molecule has 0 radical (unpaired) electrons. The maximum Gasteiger partial charge on any atom is 0.307 e. The second kappa shape index (κ2) is 8.55. The number of nitrogens with zero attached hydrogens (tertiary/aromatic N) is 2. The van der Waals surface area contributed by atoms with Gasteiger partial charge in [0.2, 0.25) is 0 Å². The predicted molar refractivity (Wildman–Crippen MR) is 78.5 cm³/mol. The molecule has 1 aliphatic rings. The lowest BCUT2D eigenvalue weighted by molar-refractivity contribution is -0.140. The Balaban J connectivity index is 1.91. The van der Waals surface area contributed by atoms with Gasteiger partial charge in [-0.2, -0.15) is 0 Å². The van der Waals surface area contributed by atoms with Gasteiger partial charge in [-0.25, -0.2) is 0 Å². The standard InChI is InChI=1S/C15H22N2O5/c1-20-14(18)4-5-17(15(19)13-3-2-10-22-13)7-6-16-8-11-21-12-9-16/h2-3,10H,4-9,11-12H2,1H3. The molecule has 1 fully saturated rings. The predicted octanol–water partition coefficient (Wildman–Crippen LogP) is 0.617. The summed E-state index contributed by atoms with van der Waals surface area (Å²) in [5.41, 5.74) is 0. The SMILES string of the molecule is COC(=O)CCN(CCN1CCOCC1)C(=O)c1ccco1. The van der Waals surface area contributed by atoms with Gasteiger partial charge in [0.1, 0.15) is 0 Å². The molecule has 1 amide bonds. The number of ether oxygens (including phenoxy) is 2. The summed E-state index contributed by atoms with van der Waals surface area (Å²) in [5.74, 6) is -0.252. The van der Waals surface area contributed by atoms with E-state index >= 15 is 0 Å². The Morgan fingerprint density at radius 1 is 1.32 bits per heavy atom. The molecule has 7 nitrogen and oxygen atoms in total. The third kappa shape index (κ3) is 4.85. The highest BCUT2D eigenvalue weighted by molar-refractivity contribution is 5.91.